The van der Waals surface area contributed by atoms with Crippen molar-refractivity contribution in [2.45, 2.75) is 26.3 Å². The molecule has 0 bridgehead atoms. The van der Waals surface area contributed by atoms with E-state index in [0.29, 0.717) is 11.4 Å². The largest absolute Gasteiger partial charge is 0.397 e. The number of amides is 1. The zero-order chi connectivity index (χ0) is 12.7. The Balaban J connectivity index is 2.46. The van der Waals surface area contributed by atoms with Crippen molar-refractivity contribution in [2.75, 3.05) is 17.2 Å². The van der Waals surface area contributed by atoms with E-state index in [-0.39, 0.29) is 11.9 Å². The van der Waals surface area contributed by atoms with Gasteiger partial charge in [0.2, 0.25) is 0 Å². The highest BCUT2D eigenvalue weighted by atomic mass is 32.2. The lowest BCUT2D eigenvalue weighted by atomic mass is 10.2. The van der Waals surface area contributed by atoms with Gasteiger partial charge in [0, 0.05) is 12.2 Å². The van der Waals surface area contributed by atoms with E-state index < -0.39 is 0 Å². The molecule has 1 aromatic heterocycles. The predicted molar refractivity (Wildman–Crippen MR) is 73.2 cm³/mol. The van der Waals surface area contributed by atoms with E-state index in [1.165, 1.54) is 0 Å². The van der Waals surface area contributed by atoms with Gasteiger partial charge < -0.3 is 11.1 Å². The number of carbonyl (C=O) groups excluding carboxylic acids is 1. The number of hydrogen-bond donors (Lipinski definition) is 2. The summed E-state index contributed by atoms with van der Waals surface area (Å²) in [7, 11) is 0. The topological polar surface area (TPSA) is 68.0 Å². The molecule has 94 valence electrons. The van der Waals surface area contributed by atoms with E-state index in [2.05, 4.69) is 17.2 Å². The maximum absolute atomic E-state index is 11.8. The first-order valence-electron chi connectivity index (χ1n) is 5.74. The van der Waals surface area contributed by atoms with Crippen LogP contribution in [-0.2, 0) is 0 Å². The van der Waals surface area contributed by atoms with Gasteiger partial charge in [-0.2, -0.15) is 11.8 Å². The second-order valence-corrected chi connectivity index (χ2v) is 5.20. The third kappa shape index (κ3) is 4.65. The van der Waals surface area contributed by atoms with Crippen molar-refractivity contribution in [3.8, 4) is 0 Å². The van der Waals surface area contributed by atoms with Crippen LogP contribution in [0.15, 0.2) is 18.3 Å². The third-order valence-electron chi connectivity index (χ3n) is 2.33. The fourth-order valence-electron chi connectivity index (χ4n) is 1.38. The number of aromatic nitrogens is 1. The minimum atomic E-state index is -0.197. The van der Waals surface area contributed by atoms with E-state index in [1.807, 2.05) is 18.7 Å². The molecule has 0 aliphatic heterocycles. The fourth-order valence-corrected chi connectivity index (χ4v) is 2.19. The summed E-state index contributed by atoms with van der Waals surface area (Å²) in [4.78, 5) is 15.8. The first-order valence-corrected chi connectivity index (χ1v) is 6.89. The van der Waals surface area contributed by atoms with Crippen LogP contribution in [0, 0.1) is 0 Å². The number of pyridine rings is 1. The summed E-state index contributed by atoms with van der Waals surface area (Å²) in [5, 5.41) is 2.90. The molecule has 0 aliphatic rings. The Labute approximate surface area is 106 Å². The Kier molecular flexibility index (Phi) is 5.83. The van der Waals surface area contributed by atoms with Gasteiger partial charge in [0.05, 0.1) is 5.69 Å². The van der Waals surface area contributed by atoms with Crippen molar-refractivity contribution >= 4 is 23.4 Å². The van der Waals surface area contributed by atoms with Crippen LogP contribution in [0.1, 0.15) is 30.8 Å². The molecule has 4 nitrogen and oxygen atoms in total. The van der Waals surface area contributed by atoms with Crippen molar-refractivity contribution in [1.29, 1.82) is 0 Å². The molecule has 1 rings (SSSR count). The molecule has 0 radical (unpaired) electrons. The Morgan fingerprint density at radius 2 is 2.41 bits per heavy atom. The minimum absolute atomic E-state index is 0.142. The molecule has 0 fully saturated rings. The van der Waals surface area contributed by atoms with Crippen LogP contribution in [0.5, 0.6) is 0 Å². The molecular weight excluding hydrogens is 234 g/mol. The number of nitrogens with two attached hydrogens (primary N) is 1. The lowest BCUT2D eigenvalue weighted by Crippen LogP contribution is -2.34. The van der Waals surface area contributed by atoms with Crippen LogP contribution < -0.4 is 11.1 Å². The van der Waals surface area contributed by atoms with Gasteiger partial charge in [0.1, 0.15) is 0 Å². The smallest absolute Gasteiger partial charge is 0.272 e. The summed E-state index contributed by atoms with van der Waals surface area (Å²) in [6.45, 7) is 4.12. The van der Waals surface area contributed by atoms with Crippen LogP contribution in [0.2, 0.25) is 0 Å². The molecule has 1 atom stereocenters. The van der Waals surface area contributed by atoms with Crippen LogP contribution in [0.4, 0.5) is 5.69 Å². The number of anilines is 1. The predicted octanol–water partition coefficient (Wildman–Crippen LogP) is 1.93. The van der Waals surface area contributed by atoms with Crippen molar-refractivity contribution in [1.82, 2.24) is 10.3 Å². The standard InChI is InChI=1S/C12H19N3OS/c1-3-17-8-6-9(2)15-12(16)11-10(13)5-4-7-14-11/h4-5,7,9H,3,6,8,13H2,1-2H3,(H,15,16). The second kappa shape index (κ2) is 7.17. The van der Waals surface area contributed by atoms with E-state index >= 15 is 0 Å². The van der Waals surface area contributed by atoms with Crippen LogP contribution in [0.25, 0.3) is 0 Å². The Hall–Kier alpha value is -1.23. The average molecular weight is 253 g/mol. The number of nitrogens with zero attached hydrogens (tertiary/aromatic N) is 1. The first-order chi connectivity index (χ1) is 8.15. The lowest BCUT2D eigenvalue weighted by Gasteiger charge is -2.13. The summed E-state index contributed by atoms with van der Waals surface area (Å²) in [6.07, 6.45) is 2.53. The molecule has 0 aromatic carbocycles. The highest BCUT2D eigenvalue weighted by Crippen LogP contribution is 2.08. The van der Waals surface area contributed by atoms with Crippen LogP contribution >= 0.6 is 11.8 Å². The van der Waals surface area contributed by atoms with Gasteiger partial charge in [-0.1, -0.05) is 6.92 Å². The van der Waals surface area contributed by atoms with Gasteiger partial charge in [0.25, 0.3) is 5.91 Å². The van der Waals surface area contributed by atoms with E-state index in [1.54, 1.807) is 18.3 Å². The summed E-state index contributed by atoms with van der Waals surface area (Å²) in [6, 6.07) is 3.54. The van der Waals surface area contributed by atoms with Gasteiger partial charge in [-0.05, 0) is 37.0 Å². The molecule has 0 spiro atoms. The normalized spacial score (nSPS) is 12.1. The number of nitrogen functional groups attached to an aromatic ring is 1. The summed E-state index contributed by atoms with van der Waals surface area (Å²) in [5.74, 6) is 1.96. The third-order valence-corrected chi connectivity index (χ3v) is 3.26. The molecule has 1 heterocycles. The quantitative estimate of drug-likeness (QED) is 0.760. The molecule has 0 saturated heterocycles. The maximum atomic E-state index is 11.8. The van der Waals surface area contributed by atoms with Crippen LogP contribution in [0.3, 0.4) is 0 Å². The summed E-state index contributed by atoms with van der Waals surface area (Å²) < 4.78 is 0. The molecule has 0 aliphatic carbocycles. The number of thioether (sulfide) groups is 1. The molecule has 5 heteroatoms. The van der Waals surface area contributed by atoms with E-state index in [4.69, 9.17) is 5.73 Å². The number of nitrogens with one attached hydrogen (secondary N) is 1. The SMILES string of the molecule is CCSCCC(C)NC(=O)c1ncccc1N. The van der Waals surface area contributed by atoms with Gasteiger partial charge in [-0.25, -0.2) is 4.98 Å². The number of carbonyl (C=O) groups is 1. The van der Waals surface area contributed by atoms with Crippen molar-refractivity contribution in [3.63, 3.8) is 0 Å². The van der Waals surface area contributed by atoms with Gasteiger partial charge in [-0.3, -0.25) is 4.79 Å². The van der Waals surface area contributed by atoms with Crippen molar-refractivity contribution < 1.29 is 4.79 Å². The van der Waals surface area contributed by atoms with Gasteiger partial charge in [0.15, 0.2) is 5.69 Å². The highest BCUT2D eigenvalue weighted by Gasteiger charge is 2.13. The van der Waals surface area contributed by atoms with Crippen molar-refractivity contribution in [2.24, 2.45) is 0 Å². The molecule has 1 amide bonds. The number of rotatable bonds is 6. The number of hydrogen-bond acceptors (Lipinski definition) is 4. The molecule has 0 saturated carbocycles. The monoisotopic (exact) mass is 253 g/mol. The molecular formula is C12H19N3OS. The zero-order valence-corrected chi connectivity index (χ0v) is 11.1. The minimum Gasteiger partial charge on any atom is -0.397 e. The molecule has 1 unspecified atom stereocenters. The van der Waals surface area contributed by atoms with Gasteiger partial charge >= 0.3 is 0 Å². The first kappa shape index (κ1) is 13.8. The molecule has 1 aromatic rings. The van der Waals surface area contributed by atoms with E-state index in [0.717, 1.165) is 17.9 Å². The Morgan fingerprint density at radius 1 is 1.65 bits per heavy atom. The Bertz CT molecular complexity index is 371. The Morgan fingerprint density at radius 3 is 3.06 bits per heavy atom. The highest BCUT2D eigenvalue weighted by molar-refractivity contribution is 7.99. The average Bonchev–Trinajstić information content (AvgIpc) is 2.29. The summed E-state index contributed by atoms with van der Waals surface area (Å²) in [5.41, 5.74) is 6.42. The van der Waals surface area contributed by atoms with E-state index in [9.17, 15) is 4.79 Å². The van der Waals surface area contributed by atoms with Gasteiger partial charge in [-0.15, -0.1) is 0 Å². The van der Waals surface area contributed by atoms with Crippen LogP contribution in [-0.4, -0.2) is 28.4 Å². The maximum Gasteiger partial charge on any atom is 0.272 e. The van der Waals surface area contributed by atoms with Crippen molar-refractivity contribution in [3.05, 3.63) is 24.0 Å². The lowest BCUT2D eigenvalue weighted by molar-refractivity contribution is 0.0935. The molecule has 17 heavy (non-hydrogen) atoms. The summed E-state index contributed by atoms with van der Waals surface area (Å²) >= 11 is 1.87. The zero-order valence-electron chi connectivity index (χ0n) is 10.3. The molecule has 3 N–H and O–H groups in total. The fraction of sp³-hybridized carbons (Fsp3) is 0.500. The second-order valence-electron chi connectivity index (χ2n) is 3.80.